The second-order valence-corrected chi connectivity index (χ2v) is 15.0. The highest BCUT2D eigenvalue weighted by molar-refractivity contribution is 6.06. The van der Waals surface area contributed by atoms with Gasteiger partial charge in [0, 0.05) is 22.5 Å². The summed E-state index contributed by atoms with van der Waals surface area (Å²) >= 11 is 0. The Balaban J connectivity index is 1.03. The predicted molar refractivity (Wildman–Crippen MR) is 230 cm³/mol. The van der Waals surface area contributed by atoms with Crippen LogP contribution in [0.15, 0.2) is 200 Å². The fraction of sp³-hybridized carbons (Fsp3) is 0.0566. The Labute approximate surface area is 317 Å². The molecule has 1 nitrogen and oxygen atoms in total. The lowest BCUT2D eigenvalue weighted by atomic mass is 9.79. The van der Waals surface area contributed by atoms with E-state index in [4.69, 9.17) is 0 Å². The lowest BCUT2D eigenvalue weighted by Gasteiger charge is -2.26. The van der Waals surface area contributed by atoms with Crippen LogP contribution in [-0.2, 0) is 5.41 Å². The van der Waals surface area contributed by atoms with Gasteiger partial charge in [-0.3, -0.25) is 0 Å². The lowest BCUT2D eigenvalue weighted by molar-refractivity contribution is 0.666. The summed E-state index contributed by atoms with van der Waals surface area (Å²) in [6.45, 7) is 4.76. The highest BCUT2D eigenvalue weighted by atomic mass is 15.1. The molecular weight excluding hydrogens is 651 g/mol. The highest BCUT2D eigenvalue weighted by Gasteiger charge is 2.38. The molecule has 9 aromatic rings. The molecule has 0 N–H and O–H groups in total. The summed E-state index contributed by atoms with van der Waals surface area (Å²) in [7, 11) is 0. The lowest BCUT2D eigenvalue weighted by Crippen LogP contribution is -2.15. The minimum absolute atomic E-state index is 0.0839. The number of hydrogen-bond acceptors (Lipinski definition) is 1. The van der Waals surface area contributed by atoms with E-state index in [1.807, 2.05) is 0 Å². The summed E-state index contributed by atoms with van der Waals surface area (Å²) in [4.78, 5) is 2.35. The van der Waals surface area contributed by atoms with Gasteiger partial charge < -0.3 is 4.90 Å². The molecule has 0 radical (unpaired) electrons. The number of hydrogen-bond donors (Lipinski definition) is 0. The summed E-state index contributed by atoms with van der Waals surface area (Å²) in [6.07, 6.45) is 0. The molecule has 0 heterocycles. The molecule has 0 saturated heterocycles. The number of para-hydroxylation sites is 1. The molecule has 10 rings (SSSR count). The first-order valence-corrected chi connectivity index (χ1v) is 18.8. The van der Waals surface area contributed by atoms with Crippen LogP contribution in [0, 0.1) is 0 Å². The number of anilines is 3. The number of nitrogens with zero attached hydrogens (tertiary/aromatic N) is 1. The summed E-state index contributed by atoms with van der Waals surface area (Å²) < 4.78 is 0. The van der Waals surface area contributed by atoms with Crippen molar-refractivity contribution in [2.75, 3.05) is 4.90 Å². The third-order valence-electron chi connectivity index (χ3n) is 11.4. The van der Waals surface area contributed by atoms with Gasteiger partial charge in [0.05, 0.1) is 0 Å². The zero-order valence-electron chi connectivity index (χ0n) is 30.5. The van der Waals surface area contributed by atoms with Crippen LogP contribution in [0.3, 0.4) is 0 Å². The molecule has 0 unspecified atom stereocenters. The Kier molecular flexibility index (Phi) is 7.56. The quantitative estimate of drug-likeness (QED) is 0.168. The summed E-state index contributed by atoms with van der Waals surface area (Å²) in [5, 5.41) is 5.07. The van der Waals surface area contributed by atoms with Gasteiger partial charge in [-0.05, 0) is 126 Å². The zero-order valence-corrected chi connectivity index (χ0v) is 30.5. The predicted octanol–water partition coefficient (Wildman–Crippen LogP) is 14.8. The van der Waals surface area contributed by atoms with Crippen LogP contribution in [0.5, 0.6) is 0 Å². The zero-order chi connectivity index (χ0) is 36.2. The van der Waals surface area contributed by atoms with E-state index in [2.05, 4.69) is 219 Å². The van der Waals surface area contributed by atoms with E-state index < -0.39 is 0 Å². The van der Waals surface area contributed by atoms with E-state index in [1.165, 1.54) is 77.2 Å². The van der Waals surface area contributed by atoms with Crippen molar-refractivity contribution < 1.29 is 0 Å². The van der Waals surface area contributed by atoms with Crippen molar-refractivity contribution in [3.8, 4) is 44.5 Å². The van der Waals surface area contributed by atoms with E-state index in [-0.39, 0.29) is 5.41 Å². The van der Waals surface area contributed by atoms with Gasteiger partial charge >= 0.3 is 0 Å². The monoisotopic (exact) mass is 689 g/mol. The van der Waals surface area contributed by atoms with E-state index in [0.29, 0.717) is 0 Å². The molecule has 256 valence electrons. The first kappa shape index (κ1) is 32.0. The normalized spacial score (nSPS) is 12.8. The number of rotatable bonds is 6. The standard InChI is InChI=1S/C53H39N/c1-53(2)50-20-12-11-19-48(50)51-49(35-42-15-9-10-18-47(42)52(51)53)43-26-25-41-34-46(32-29-40(41)33-43)54(44-16-7-4-8-17-44)45-30-27-39(28-31-45)38-23-21-37(22-24-38)36-13-5-3-6-14-36/h3-35H,1-2H3. The molecule has 1 aliphatic carbocycles. The van der Waals surface area contributed by atoms with E-state index in [9.17, 15) is 0 Å². The highest BCUT2D eigenvalue weighted by Crippen LogP contribution is 2.55. The topological polar surface area (TPSA) is 3.24 Å². The molecule has 0 aliphatic heterocycles. The Morgan fingerprint density at radius 3 is 1.61 bits per heavy atom. The van der Waals surface area contributed by atoms with Crippen LogP contribution in [-0.4, -0.2) is 0 Å². The van der Waals surface area contributed by atoms with Gasteiger partial charge in [-0.25, -0.2) is 0 Å². The van der Waals surface area contributed by atoms with Crippen molar-refractivity contribution >= 4 is 38.6 Å². The summed E-state index contributed by atoms with van der Waals surface area (Å²) in [5.74, 6) is 0. The van der Waals surface area contributed by atoms with Crippen molar-refractivity contribution in [3.63, 3.8) is 0 Å². The van der Waals surface area contributed by atoms with Crippen LogP contribution in [0.2, 0.25) is 0 Å². The van der Waals surface area contributed by atoms with Crippen molar-refractivity contribution in [3.05, 3.63) is 211 Å². The van der Waals surface area contributed by atoms with Crippen molar-refractivity contribution in [2.24, 2.45) is 0 Å². The molecular formula is C53H39N. The maximum atomic E-state index is 2.40. The maximum Gasteiger partial charge on any atom is 0.0468 e. The maximum absolute atomic E-state index is 2.40. The minimum Gasteiger partial charge on any atom is -0.310 e. The van der Waals surface area contributed by atoms with Gasteiger partial charge in [-0.2, -0.15) is 0 Å². The Morgan fingerprint density at radius 1 is 0.352 bits per heavy atom. The molecule has 54 heavy (non-hydrogen) atoms. The van der Waals surface area contributed by atoms with Crippen LogP contribution in [0.4, 0.5) is 17.1 Å². The Morgan fingerprint density at radius 2 is 0.870 bits per heavy atom. The molecule has 0 atom stereocenters. The minimum atomic E-state index is -0.0839. The van der Waals surface area contributed by atoms with Crippen molar-refractivity contribution in [1.82, 2.24) is 0 Å². The molecule has 0 saturated carbocycles. The van der Waals surface area contributed by atoms with Gasteiger partial charge in [-0.15, -0.1) is 0 Å². The van der Waals surface area contributed by atoms with Crippen molar-refractivity contribution in [1.29, 1.82) is 0 Å². The van der Waals surface area contributed by atoms with Gasteiger partial charge in [-0.1, -0.05) is 166 Å². The largest absolute Gasteiger partial charge is 0.310 e. The smallest absolute Gasteiger partial charge is 0.0468 e. The van der Waals surface area contributed by atoms with Gasteiger partial charge in [0.2, 0.25) is 0 Å². The SMILES string of the molecule is CC1(C)c2ccccc2-c2c(-c3ccc4cc(N(c5ccccc5)c5ccc(-c6ccc(-c7ccccc7)cc6)cc5)ccc4c3)cc3ccccc3c21. The molecule has 0 aromatic heterocycles. The summed E-state index contributed by atoms with van der Waals surface area (Å²) in [6, 6.07) is 73.1. The third-order valence-corrected chi connectivity index (χ3v) is 11.4. The van der Waals surface area contributed by atoms with Gasteiger partial charge in [0.15, 0.2) is 0 Å². The van der Waals surface area contributed by atoms with Crippen LogP contribution in [0.25, 0.3) is 66.1 Å². The molecule has 1 aliphatic rings. The summed E-state index contributed by atoms with van der Waals surface area (Å²) in [5.41, 5.74) is 16.3. The second kappa shape index (κ2) is 12.8. The Hall–Kier alpha value is -6.70. The van der Waals surface area contributed by atoms with E-state index >= 15 is 0 Å². The number of fused-ring (bicyclic) bond motifs is 6. The van der Waals surface area contributed by atoms with Gasteiger partial charge in [0.1, 0.15) is 0 Å². The van der Waals surface area contributed by atoms with Crippen LogP contribution >= 0.6 is 0 Å². The average molecular weight is 690 g/mol. The van der Waals surface area contributed by atoms with Gasteiger partial charge in [0.25, 0.3) is 0 Å². The molecule has 0 amide bonds. The van der Waals surface area contributed by atoms with E-state index in [1.54, 1.807) is 0 Å². The van der Waals surface area contributed by atoms with E-state index in [0.717, 1.165) is 17.1 Å². The number of benzene rings is 9. The van der Waals surface area contributed by atoms with Crippen LogP contribution < -0.4 is 4.90 Å². The molecule has 1 heteroatoms. The third kappa shape index (κ3) is 5.32. The average Bonchev–Trinajstić information content (AvgIpc) is 3.48. The fourth-order valence-corrected chi connectivity index (χ4v) is 8.74. The fourth-order valence-electron chi connectivity index (χ4n) is 8.74. The van der Waals surface area contributed by atoms with Crippen LogP contribution in [0.1, 0.15) is 25.0 Å². The molecule has 0 fully saturated rings. The molecule has 0 bridgehead atoms. The van der Waals surface area contributed by atoms with Crippen molar-refractivity contribution in [2.45, 2.75) is 19.3 Å². The Bertz CT molecular complexity index is 2810. The first-order valence-electron chi connectivity index (χ1n) is 18.8. The first-order chi connectivity index (χ1) is 26.5. The second-order valence-electron chi connectivity index (χ2n) is 15.0. The molecule has 0 spiro atoms. The molecule has 9 aromatic carbocycles.